The van der Waals surface area contributed by atoms with Crippen LogP contribution in [-0.2, 0) is 16.1 Å². The Morgan fingerprint density at radius 1 is 1.36 bits per heavy atom. The van der Waals surface area contributed by atoms with Gasteiger partial charge in [0.1, 0.15) is 10.7 Å². The van der Waals surface area contributed by atoms with Gasteiger partial charge in [-0.05, 0) is 31.9 Å². The smallest absolute Gasteiger partial charge is 0.310 e. The monoisotopic (exact) mass is 397 g/mol. The number of thiophene rings is 1. The van der Waals surface area contributed by atoms with Gasteiger partial charge < -0.3 is 9.72 Å². The molecule has 0 bridgehead atoms. The summed E-state index contributed by atoms with van der Waals surface area (Å²) in [6, 6.07) is 9.88. The topological polar surface area (TPSA) is 75.3 Å². The van der Waals surface area contributed by atoms with Crippen LogP contribution in [-0.4, -0.2) is 40.5 Å². The Morgan fingerprint density at radius 2 is 2.18 bits per heavy atom. The third-order valence-corrected chi connectivity index (χ3v) is 5.95. The Bertz CT molecular complexity index is 1030. The third kappa shape index (κ3) is 3.86. The van der Waals surface area contributed by atoms with E-state index < -0.39 is 0 Å². The number of fused-ring (bicyclic) bond motifs is 1. The van der Waals surface area contributed by atoms with Gasteiger partial charge in [0.2, 0.25) is 0 Å². The Hall–Kier alpha value is -2.51. The number of rotatable bonds is 5. The van der Waals surface area contributed by atoms with Gasteiger partial charge in [0.25, 0.3) is 5.56 Å². The minimum absolute atomic E-state index is 0.101. The number of piperidine rings is 1. The molecule has 4 rings (SSSR count). The highest BCUT2D eigenvalue weighted by Gasteiger charge is 2.27. The molecule has 7 heteroatoms. The number of hydrogen-bond acceptors (Lipinski definition) is 6. The van der Waals surface area contributed by atoms with Gasteiger partial charge in [0.05, 0.1) is 24.5 Å². The number of carbonyl (C=O) groups is 1. The van der Waals surface area contributed by atoms with Crippen LogP contribution in [0.4, 0.5) is 0 Å². The van der Waals surface area contributed by atoms with E-state index in [-0.39, 0.29) is 17.4 Å². The number of likely N-dealkylation sites (tertiary alicyclic amines) is 1. The number of ether oxygens (including phenoxy) is 1. The molecule has 0 spiro atoms. The number of carbonyl (C=O) groups excluding carboxylic acids is 1. The normalized spacial score (nSPS) is 17.7. The molecule has 146 valence electrons. The Morgan fingerprint density at radius 3 is 2.96 bits per heavy atom. The molecular weight excluding hydrogens is 374 g/mol. The molecule has 1 aromatic carbocycles. The van der Waals surface area contributed by atoms with Crippen LogP contribution in [0.5, 0.6) is 0 Å². The molecule has 1 aliphatic rings. The highest BCUT2D eigenvalue weighted by molar-refractivity contribution is 7.17. The standard InChI is InChI=1S/C21H23N3O3S/c1-2-27-21(26)15-9-6-10-24(11-15)12-17-22-19(25)18-16(13-28-20(18)23-17)14-7-4-3-5-8-14/h3-5,7-8,13,15H,2,6,9-12H2,1H3,(H,22,23,25). The summed E-state index contributed by atoms with van der Waals surface area (Å²) >= 11 is 1.49. The quantitative estimate of drug-likeness (QED) is 0.668. The zero-order valence-electron chi connectivity index (χ0n) is 15.8. The summed E-state index contributed by atoms with van der Waals surface area (Å²) in [5.41, 5.74) is 1.82. The van der Waals surface area contributed by atoms with Crippen molar-refractivity contribution in [3.63, 3.8) is 0 Å². The first-order chi connectivity index (χ1) is 13.7. The van der Waals surface area contributed by atoms with Gasteiger partial charge in [-0.2, -0.15) is 0 Å². The van der Waals surface area contributed by atoms with Gasteiger partial charge in [-0.15, -0.1) is 11.3 Å². The fraction of sp³-hybridized carbons (Fsp3) is 0.381. The van der Waals surface area contributed by atoms with Crippen LogP contribution in [0.15, 0.2) is 40.5 Å². The van der Waals surface area contributed by atoms with Crippen molar-refractivity contribution in [1.29, 1.82) is 0 Å². The van der Waals surface area contributed by atoms with Crippen molar-refractivity contribution >= 4 is 27.5 Å². The van der Waals surface area contributed by atoms with Crippen LogP contribution in [0.3, 0.4) is 0 Å². The van der Waals surface area contributed by atoms with Crippen molar-refractivity contribution < 1.29 is 9.53 Å². The summed E-state index contributed by atoms with van der Waals surface area (Å²) in [5.74, 6) is 0.411. The SMILES string of the molecule is CCOC(=O)C1CCCN(Cc2nc3scc(-c4ccccc4)c3c(=O)[nH]2)C1. The molecule has 1 fully saturated rings. The molecule has 6 nitrogen and oxygen atoms in total. The molecule has 1 aliphatic heterocycles. The number of benzene rings is 1. The van der Waals surface area contributed by atoms with E-state index >= 15 is 0 Å². The van der Waals surface area contributed by atoms with E-state index in [0.29, 0.717) is 30.9 Å². The Kier molecular flexibility index (Phi) is 5.54. The average Bonchev–Trinajstić information content (AvgIpc) is 3.14. The van der Waals surface area contributed by atoms with Crippen LogP contribution in [0.25, 0.3) is 21.3 Å². The molecule has 0 saturated carbocycles. The van der Waals surface area contributed by atoms with Crippen molar-refractivity contribution in [2.45, 2.75) is 26.3 Å². The number of hydrogen-bond donors (Lipinski definition) is 1. The summed E-state index contributed by atoms with van der Waals surface area (Å²) in [4.78, 5) is 35.4. The molecule has 2 aromatic heterocycles. The van der Waals surface area contributed by atoms with Crippen LogP contribution in [0.1, 0.15) is 25.6 Å². The van der Waals surface area contributed by atoms with Gasteiger partial charge in [0.15, 0.2) is 0 Å². The number of esters is 1. The van der Waals surface area contributed by atoms with E-state index in [9.17, 15) is 9.59 Å². The van der Waals surface area contributed by atoms with E-state index in [1.54, 1.807) is 0 Å². The average molecular weight is 398 g/mol. The van der Waals surface area contributed by atoms with E-state index in [1.165, 1.54) is 11.3 Å². The summed E-state index contributed by atoms with van der Waals surface area (Å²) < 4.78 is 5.16. The molecule has 0 radical (unpaired) electrons. The molecule has 1 unspecified atom stereocenters. The maximum absolute atomic E-state index is 12.8. The summed E-state index contributed by atoms with van der Waals surface area (Å²) in [6.07, 6.45) is 1.79. The van der Waals surface area contributed by atoms with Gasteiger partial charge in [0, 0.05) is 17.5 Å². The fourth-order valence-electron chi connectivity index (χ4n) is 3.76. The first kappa shape index (κ1) is 18.8. The second-order valence-electron chi connectivity index (χ2n) is 7.03. The van der Waals surface area contributed by atoms with Crippen LogP contribution in [0, 0.1) is 5.92 Å². The van der Waals surface area contributed by atoms with Crippen molar-refractivity contribution in [3.05, 3.63) is 51.9 Å². The highest BCUT2D eigenvalue weighted by atomic mass is 32.1. The summed E-state index contributed by atoms with van der Waals surface area (Å²) in [6.45, 7) is 4.29. The number of aromatic nitrogens is 2. The highest BCUT2D eigenvalue weighted by Crippen LogP contribution is 2.30. The molecule has 3 heterocycles. The first-order valence-corrected chi connectivity index (χ1v) is 10.5. The third-order valence-electron chi connectivity index (χ3n) is 5.08. The predicted molar refractivity (Wildman–Crippen MR) is 110 cm³/mol. The number of nitrogens with zero attached hydrogens (tertiary/aromatic N) is 2. The molecule has 3 aromatic rings. The van der Waals surface area contributed by atoms with Gasteiger partial charge >= 0.3 is 5.97 Å². The van der Waals surface area contributed by atoms with Crippen LogP contribution < -0.4 is 5.56 Å². The lowest BCUT2D eigenvalue weighted by Gasteiger charge is -2.30. The molecule has 1 atom stereocenters. The lowest BCUT2D eigenvalue weighted by Crippen LogP contribution is -2.39. The Balaban J connectivity index is 1.56. The predicted octanol–water partition coefficient (Wildman–Crippen LogP) is 3.43. The molecule has 0 amide bonds. The zero-order chi connectivity index (χ0) is 19.5. The van der Waals surface area contributed by atoms with E-state index in [1.807, 2.05) is 42.6 Å². The largest absolute Gasteiger partial charge is 0.466 e. The Labute approximate surface area is 167 Å². The van der Waals surface area contributed by atoms with Gasteiger partial charge in [-0.1, -0.05) is 30.3 Å². The van der Waals surface area contributed by atoms with E-state index in [2.05, 4.69) is 14.9 Å². The van der Waals surface area contributed by atoms with Crippen molar-refractivity contribution in [2.75, 3.05) is 19.7 Å². The van der Waals surface area contributed by atoms with Crippen LogP contribution >= 0.6 is 11.3 Å². The second-order valence-corrected chi connectivity index (χ2v) is 7.89. The summed E-state index contributed by atoms with van der Waals surface area (Å²) in [7, 11) is 0. The van der Waals surface area contributed by atoms with Crippen molar-refractivity contribution in [1.82, 2.24) is 14.9 Å². The molecule has 1 saturated heterocycles. The molecular formula is C21H23N3O3S. The minimum Gasteiger partial charge on any atom is -0.466 e. The lowest BCUT2D eigenvalue weighted by atomic mass is 9.98. The lowest BCUT2D eigenvalue weighted by molar-refractivity contribution is -0.150. The number of aromatic amines is 1. The number of H-pyrrole nitrogens is 1. The fourth-order valence-corrected chi connectivity index (χ4v) is 4.73. The molecule has 1 N–H and O–H groups in total. The minimum atomic E-state index is -0.130. The molecule has 0 aliphatic carbocycles. The molecule has 28 heavy (non-hydrogen) atoms. The van der Waals surface area contributed by atoms with Crippen LogP contribution in [0.2, 0.25) is 0 Å². The number of nitrogens with one attached hydrogen (secondary N) is 1. The van der Waals surface area contributed by atoms with Gasteiger partial charge in [-0.25, -0.2) is 4.98 Å². The first-order valence-electron chi connectivity index (χ1n) is 9.60. The zero-order valence-corrected chi connectivity index (χ0v) is 16.6. The van der Waals surface area contributed by atoms with Crippen molar-refractivity contribution in [2.24, 2.45) is 5.92 Å². The maximum atomic E-state index is 12.8. The second kappa shape index (κ2) is 8.24. The van der Waals surface area contributed by atoms with E-state index in [0.717, 1.165) is 35.3 Å². The van der Waals surface area contributed by atoms with E-state index in [4.69, 9.17) is 4.74 Å². The van der Waals surface area contributed by atoms with Crippen molar-refractivity contribution in [3.8, 4) is 11.1 Å². The summed E-state index contributed by atoms with van der Waals surface area (Å²) in [5, 5.41) is 2.63. The van der Waals surface area contributed by atoms with Gasteiger partial charge in [-0.3, -0.25) is 14.5 Å². The maximum Gasteiger partial charge on any atom is 0.310 e.